The summed E-state index contributed by atoms with van der Waals surface area (Å²) >= 11 is 0. The molecule has 0 bridgehead atoms. The highest BCUT2D eigenvalue weighted by atomic mass is 16.6. The van der Waals surface area contributed by atoms with Crippen molar-refractivity contribution >= 4 is 5.69 Å². The third-order valence-electron chi connectivity index (χ3n) is 3.63. The van der Waals surface area contributed by atoms with Crippen LogP contribution < -0.4 is 0 Å². The molecular formula is C13H16N6O2. The molecule has 8 nitrogen and oxygen atoms in total. The quantitative estimate of drug-likeness (QED) is 0.626. The van der Waals surface area contributed by atoms with E-state index >= 15 is 0 Å². The monoisotopic (exact) mass is 288 g/mol. The van der Waals surface area contributed by atoms with Crippen LogP contribution in [0.3, 0.4) is 0 Å². The highest BCUT2D eigenvalue weighted by Gasteiger charge is 2.16. The highest BCUT2D eigenvalue weighted by Crippen LogP contribution is 2.18. The van der Waals surface area contributed by atoms with Crippen LogP contribution in [0.5, 0.6) is 0 Å². The minimum Gasteiger partial charge on any atom is -0.296 e. The van der Waals surface area contributed by atoms with Crippen LogP contribution in [0.1, 0.15) is 25.1 Å². The maximum Gasteiger partial charge on any atom is 0.271 e. The maximum absolute atomic E-state index is 10.9. The molecule has 1 aliphatic rings. The Morgan fingerprint density at radius 1 is 1.24 bits per heavy atom. The van der Waals surface area contributed by atoms with Crippen molar-refractivity contribution in [3.05, 3.63) is 40.2 Å². The Labute approximate surface area is 121 Å². The molecular weight excluding hydrogens is 272 g/mol. The van der Waals surface area contributed by atoms with E-state index in [0.29, 0.717) is 18.1 Å². The molecule has 110 valence electrons. The van der Waals surface area contributed by atoms with Crippen molar-refractivity contribution in [2.24, 2.45) is 0 Å². The van der Waals surface area contributed by atoms with Crippen LogP contribution in [0.25, 0.3) is 5.69 Å². The Bertz CT molecular complexity index is 635. The molecule has 3 rings (SSSR count). The molecule has 0 radical (unpaired) electrons. The molecule has 0 N–H and O–H groups in total. The van der Waals surface area contributed by atoms with Gasteiger partial charge in [0.15, 0.2) is 5.82 Å². The first-order chi connectivity index (χ1) is 10.2. The van der Waals surface area contributed by atoms with Gasteiger partial charge in [0.2, 0.25) is 0 Å². The Hall–Kier alpha value is -2.35. The van der Waals surface area contributed by atoms with E-state index in [0.717, 1.165) is 13.1 Å². The number of nitro benzene ring substituents is 1. The zero-order valence-electron chi connectivity index (χ0n) is 11.6. The molecule has 0 amide bonds. The molecule has 1 saturated heterocycles. The standard InChI is InChI=1S/C13H16N6O2/c20-19(21)12-6-4-5-11(9-12)18-13(14-15-16-18)10-17-7-2-1-3-8-17/h4-6,9H,1-3,7-8,10H2. The van der Waals surface area contributed by atoms with Gasteiger partial charge in [-0.15, -0.1) is 5.10 Å². The van der Waals surface area contributed by atoms with E-state index in [9.17, 15) is 10.1 Å². The number of hydrogen-bond acceptors (Lipinski definition) is 6. The summed E-state index contributed by atoms with van der Waals surface area (Å²) in [5, 5.41) is 22.6. The molecule has 8 heteroatoms. The van der Waals surface area contributed by atoms with Gasteiger partial charge in [-0.3, -0.25) is 15.0 Å². The summed E-state index contributed by atoms with van der Waals surface area (Å²) in [6, 6.07) is 6.34. The molecule has 21 heavy (non-hydrogen) atoms. The van der Waals surface area contributed by atoms with Crippen LogP contribution in [0.2, 0.25) is 0 Å². The first-order valence-electron chi connectivity index (χ1n) is 6.98. The molecule has 2 aromatic rings. The number of rotatable bonds is 4. The summed E-state index contributed by atoms with van der Waals surface area (Å²) in [7, 11) is 0. The lowest BCUT2D eigenvalue weighted by molar-refractivity contribution is -0.384. The third-order valence-corrected chi connectivity index (χ3v) is 3.63. The molecule has 0 saturated carbocycles. The Balaban J connectivity index is 1.84. The van der Waals surface area contributed by atoms with E-state index in [4.69, 9.17) is 0 Å². The van der Waals surface area contributed by atoms with Gasteiger partial charge in [0.25, 0.3) is 5.69 Å². The predicted molar refractivity (Wildman–Crippen MR) is 74.9 cm³/mol. The molecule has 1 aromatic heterocycles. The lowest BCUT2D eigenvalue weighted by Gasteiger charge is -2.25. The number of non-ortho nitro benzene ring substituents is 1. The van der Waals surface area contributed by atoms with E-state index < -0.39 is 4.92 Å². The van der Waals surface area contributed by atoms with Gasteiger partial charge in [-0.05, 0) is 42.4 Å². The second kappa shape index (κ2) is 5.96. The largest absolute Gasteiger partial charge is 0.296 e. The molecule has 1 aliphatic heterocycles. The number of tetrazole rings is 1. The fourth-order valence-electron chi connectivity index (χ4n) is 2.56. The third kappa shape index (κ3) is 3.05. The molecule has 0 atom stereocenters. The number of aromatic nitrogens is 4. The first-order valence-corrected chi connectivity index (χ1v) is 6.98. The van der Waals surface area contributed by atoms with Crippen molar-refractivity contribution < 1.29 is 4.92 Å². The van der Waals surface area contributed by atoms with Crippen molar-refractivity contribution in [2.75, 3.05) is 13.1 Å². The molecule has 0 aliphatic carbocycles. The summed E-state index contributed by atoms with van der Waals surface area (Å²) in [6.45, 7) is 2.75. The van der Waals surface area contributed by atoms with E-state index in [1.54, 1.807) is 16.8 Å². The lowest BCUT2D eigenvalue weighted by Crippen LogP contribution is -2.30. The number of piperidine rings is 1. The van der Waals surface area contributed by atoms with Crippen LogP contribution in [0.4, 0.5) is 5.69 Å². The van der Waals surface area contributed by atoms with Gasteiger partial charge in [0, 0.05) is 12.1 Å². The molecule has 1 aromatic carbocycles. The topological polar surface area (TPSA) is 90.0 Å². The number of likely N-dealkylation sites (tertiary alicyclic amines) is 1. The minimum atomic E-state index is -0.418. The van der Waals surface area contributed by atoms with Crippen LogP contribution in [0, 0.1) is 10.1 Å². The first kappa shape index (κ1) is 13.6. The number of nitrogens with zero attached hydrogens (tertiary/aromatic N) is 6. The van der Waals surface area contributed by atoms with Crippen LogP contribution in [-0.2, 0) is 6.54 Å². The minimum absolute atomic E-state index is 0.0342. The molecule has 0 spiro atoms. The van der Waals surface area contributed by atoms with Gasteiger partial charge >= 0.3 is 0 Å². The van der Waals surface area contributed by atoms with Crippen LogP contribution in [0.15, 0.2) is 24.3 Å². The second-order valence-corrected chi connectivity index (χ2v) is 5.12. The van der Waals surface area contributed by atoms with Crippen LogP contribution >= 0.6 is 0 Å². The number of nitro groups is 1. The molecule has 1 fully saturated rings. The maximum atomic E-state index is 10.9. The van der Waals surface area contributed by atoms with Crippen molar-refractivity contribution in [3.8, 4) is 5.69 Å². The zero-order chi connectivity index (χ0) is 14.7. The average molecular weight is 288 g/mol. The second-order valence-electron chi connectivity index (χ2n) is 5.12. The van der Waals surface area contributed by atoms with Gasteiger partial charge in [-0.2, -0.15) is 4.68 Å². The average Bonchev–Trinajstić information content (AvgIpc) is 2.96. The van der Waals surface area contributed by atoms with Gasteiger partial charge < -0.3 is 0 Å². The zero-order valence-corrected chi connectivity index (χ0v) is 11.6. The number of hydrogen-bond donors (Lipinski definition) is 0. The summed E-state index contributed by atoms with van der Waals surface area (Å²) in [6.07, 6.45) is 3.66. The van der Waals surface area contributed by atoms with Crippen molar-refractivity contribution in [3.63, 3.8) is 0 Å². The van der Waals surface area contributed by atoms with Crippen molar-refractivity contribution in [1.29, 1.82) is 0 Å². The summed E-state index contributed by atoms with van der Waals surface area (Å²) in [5.74, 6) is 0.706. The summed E-state index contributed by atoms with van der Waals surface area (Å²) in [5.41, 5.74) is 0.646. The fourth-order valence-corrected chi connectivity index (χ4v) is 2.56. The number of benzene rings is 1. The van der Waals surface area contributed by atoms with E-state index in [1.165, 1.54) is 31.4 Å². The van der Waals surface area contributed by atoms with Gasteiger partial charge in [0.1, 0.15) is 0 Å². The fraction of sp³-hybridized carbons (Fsp3) is 0.462. The highest BCUT2D eigenvalue weighted by molar-refractivity contribution is 5.42. The smallest absolute Gasteiger partial charge is 0.271 e. The summed E-state index contributed by atoms with van der Waals surface area (Å²) < 4.78 is 1.57. The van der Waals surface area contributed by atoms with Crippen molar-refractivity contribution in [1.82, 2.24) is 25.1 Å². The molecule has 0 unspecified atom stereocenters. The SMILES string of the molecule is O=[N+]([O-])c1cccc(-n2nnnc2CN2CCCCC2)c1. The van der Waals surface area contributed by atoms with E-state index in [2.05, 4.69) is 20.4 Å². The van der Waals surface area contributed by atoms with Crippen LogP contribution in [-0.4, -0.2) is 43.1 Å². The normalized spacial score (nSPS) is 16.0. The predicted octanol–water partition coefficient (Wildman–Crippen LogP) is 1.56. The lowest BCUT2D eigenvalue weighted by atomic mass is 10.1. The molecule has 2 heterocycles. The van der Waals surface area contributed by atoms with Gasteiger partial charge in [0.05, 0.1) is 17.2 Å². The van der Waals surface area contributed by atoms with Crippen molar-refractivity contribution in [2.45, 2.75) is 25.8 Å². The Morgan fingerprint density at radius 3 is 2.81 bits per heavy atom. The van der Waals surface area contributed by atoms with E-state index in [1.807, 2.05) is 0 Å². The van der Waals surface area contributed by atoms with Gasteiger partial charge in [-0.1, -0.05) is 12.5 Å². The summed E-state index contributed by atoms with van der Waals surface area (Å²) in [4.78, 5) is 12.8. The Morgan fingerprint density at radius 2 is 2.05 bits per heavy atom. The van der Waals surface area contributed by atoms with Gasteiger partial charge in [-0.25, -0.2) is 0 Å². The van der Waals surface area contributed by atoms with E-state index in [-0.39, 0.29) is 5.69 Å². The Kier molecular flexibility index (Phi) is 3.87.